The van der Waals surface area contributed by atoms with Crippen LogP contribution in [0.1, 0.15) is 29.8 Å². The van der Waals surface area contributed by atoms with Crippen molar-refractivity contribution in [3.8, 4) is 5.75 Å². The zero-order chi connectivity index (χ0) is 11.4. The lowest BCUT2D eigenvalue weighted by atomic mass is 10.1. The highest BCUT2D eigenvalue weighted by Crippen LogP contribution is 2.28. The van der Waals surface area contributed by atoms with Crippen molar-refractivity contribution < 1.29 is 14.7 Å². The van der Waals surface area contributed by atoms with Gasteiger partial charge in [-0.05, 0) is 24.1 Å². The van der Waals surface area contributed by atoms with Gasteiger partial charge < -0.3 is 10.4 Å². The molecular weight excluding hydrogens is 194 g/mol. The van der Waals surface area contributed by atoms with Crippen LogP contribution in [0.2, 0.25) is 0 Å². The van der Waals surface area contributed by atoms with Crippen molar-refractivity contribution in [1.29, 1.82) is 0 Å². The minimum Gasteiger partial charge on any atom is -0.505 e. The Morgan fingerprint density at radius 2 is 2.20 bits per heavy atom. The van der Waals surface area contributed by atoms with Crippen molar-refractivity contribution >= 4 is 17.9 Å². The molecule has 0 aromatic heterocycles. The number of rotatable bonds is 3. The van der Waals surface area contributed by atoms with Gasteiger partial charge in [-0.25, -0.2) is 0 Å². The fraction of sp³-hybridized carbons (Fsp3) is 0.273. The van der Waals surface area contributed by atoms with Gasteiger partial charge in [0, 0.05) is 6.92 Å². The first-order valence-corrected chi connectivity index (χ1v) is 4.67. The van der Waals surface area contributed by atoms with Gasteiger partial charge in [0.25, 0.3) is 0 Å². The summed E-state index contributed by atoms with van der Waals surface area (Å²) in [5.74, 6) is -0.465. The first-order chi connectivity index (χ1) is 7.08. The molecule has 0 unspecified atom stereocenters. The summed E-state index contributed by atoms with van der Waals surface area (Å²) in [4.78, 5) is 21.5. The maximum absolute atomic E-state index is 10.9. The normalized spacial score (nSPS) is 9.73. The van der Waals surface area contributed by atoms with Crippen LogP contribution in [0.4, 0.5) is 5.69 Å². The van der Waals surface area contributed by atoms with Crippen LogP contribution in [0, 0.1) is 0 Å². The third-order valence-corrected chi connectivity index (χ3v) is 2.05. The molecule has 80 valence electrons. The molecule has 0 heterocycles. The van der Waals surface area contributed by atoms with Crippen LogP contribution in [-0.4, -0.2) is 17.3 Å². The molecular formula is C11H13NO3. The number of aldehydes is 1. The van der Waals surface area contributed by atoms with E-state index in [-0.39, 0.29) is 22.9 Å². The van der Waals surface area contributed by atoms with Gasteiger partial charge in [-0.1, -0.05) is 6.92 Å². The molecule has 0 aliphatic carbocycles. The van der Waals surface area contributed by atoms with Gasteiger partial charge in [0.05, 0.1) is 11.3 Å². The molecule has 0 aliphatic heterocycles. The largest absolute Gasteiger partial charge is 0.505 e. The molecule has 4 heteroatoms. The topological polar surface area (TPSA) is 66.4 Å². The summed E-state index contributed by atoms with van der Waals surface area (Å²) in [6.07, 6.45) is 1.30. The van der Waals surface area contributed by atoms with Gasteiger partial charge in [0.15, 0.2) is 6.29 Å². The molecule has 4 nitrogen and oxygen atoms in total. The number of carbonyl (C=O) groups is 2. The molecule has 0 bridgehead atoms. The number of carbonyl (C=O) groups excluding carboxylic acids is 2. The minimum absolute atomic E-state index is 0.183. The standard InChI is InChI=1S/C11H13NO3/c1-3-8-4-9(6-13)11(15)10(5-8)12-7(2)14/h4-6,15H,3H2,1-2H3,(H,12,14). The Bertz CT molecular complexity index is 399. The molecule has 2 N–H and O–H groups in total. The first kappa shape index (κ1) is 11.2. The highest BCUT2D eigenvalue weighted by atomic mass is 16.3. The van der Waals surface area contributed by atoms with Crippen molar-refractivity contribution in [2.75, 3.05) is 5.32 Å². The summed E-state index contributed by atoms with van der Waals surface area (Å²) >= 11 is 0. The molecule has 1 aromatic rings. The van der Waals surface area contributed by atoms with E-state index in [0.29, 0.717) is 6.29 Å². The molecule has 0 atom stereocenters. The number of hydrogen-bond acceptors (Lipinski definition) is 3. The number of amides is 1. The SMILES string of the molecule is CCc1cc(C=O)c(O)c(NC(C)=O)c1. The highest BCUT2D eigenvalue weighted by Gasteiger charge is 2.09. The molecule has 0 aliphatic rings. The second-order valence-corrected chi connectivity index (χ2v) is 3.23. The van der Waals surface area contributed by atoms with Crippen molar-refractivity contribution in [2.45, 2.75) is 20.3 Å². The van der Waals surface area contributed by atoms with E-state index >= 15 is 0 Å². The lowest BCUT2D eigenvalue weighted by Gasteiger charge is -2.09. The number of anilines is 1. The quantitative estimate of drug-likeness (QED) is 0.586. The third-order valence-electron chi connectivity index (χ3n) is 2.05. The number of aryl methyl sites for hydroxylation is 1. The van der Waals surface area contributed by atoms with Crippen molar-refractivity contribution in [3.63, 3.8) is 0 Å². The van der Waals surface area contributed by atoms with E-state index in [1.165, 1.54) is 6.92 Å². The number of nitrogens with one attached hydrogen (secondary N) is 1. The summed E-state index contributed by atoms with van der Waals surface area (Å²) in [5.41, 5.74) is 1.36. The smallest absolute Gasteiger partial charge is 0.221 e. The number of aromatic hydroxyl groups is 1. The molecule has 1 amide bonds. The Balaban J connectivity index is 3.23. The molecule has 15 heavy (non-hydrogen) atoms. The Morgan fingerprint density at radius 3 is 2.67 bits per heavy atom. The summed E-state index contributed by atoms with van der Waals surface area (Å²) in [6, 6.07) is 3.26. The molecule has 0 spiro atoms. The molecule has 0 saturated carbocycles. The summed E-state index contributed by atoms with van der Waals surface area (Å²) in [6.45, 7) is 3.27. The van der Waals surface area contributed by atoms with Gasteiger partial charge in [-0.15, -0.1) is 0 Å². The Hall–Kier alpha value is -1.84. The number of phenolic OH excluding ortho intramolecular Hbond substituents is 1. The van der Waals surface area contributed by atoms with Crippen molar-refractivity contribution in [1.82, 2.24) is 0 Å². The summed E-state index contributed by atoms with van der Waals surface area (Å²) < 4.78 is 0. The fourth-order valence-corrected chi connectivity index (χ4v) is 1.30. The predicted octanol–water partition coefficient (Wildman–Crippen LogP) is 1.73. The minimum atomic E-state index is -0.282. The average Bonchev–Trinajstić information content (AvgIpc) is 2.20. The zero-order valence-electron chi connectivity index (χ0n) is 8.70. The molecule has 0 saturated heterocycles. The molecule has 0 radical (unpaired) electrons. The van der Waals surface area contributed by atoms with E-state index < -0.39 is 0 Å². The fourth-order valence-electron chi connectivity index (χ4n) is 1.30. The summed E-state index contributed by atoms with van der Waals surface area (Å²) in [7, 11) is 0. The third kappa shape index (κ3) is 2.56. The van der Waals surface area contributed by atoms with Gasteiger partial charge in [-0.2, -0.15) is 0 Å². The van der Waals surface area contributed by atoms with E-state index in [9.17, 15) is 14.7 Å². The van der Waals surface area contributed by atoms with E-state index in [1.54, 1.807) is 12.1 Å². The Morgan fingerprint density at radius 1 is 1.53 bits per heavy atom. The average molecular weight is 207 g/mol. The molecule has 1 aromatic carbocycles. The van der Waals surface area contributed by atoms with Crippen molar-refractivity contribution in [3.05, 3.63) is 23.3 Å². The van der Waals surface area contributed by atoms with Crippen LogP contribution in [0.15, 0.2) is 12.1 Å². The van der Waals surface area contributed by atoms with Gasteiger partial charge in [0.1, 0.15) is 5.75 Å². The maximum Gasteiger partial charge on any atom is 0.221 e. The van der Waals surface area contributed by atoms with Crippen LogP contribution in [-0.2, 0) is 11.2 Å². The summed E-state index contributed by atoms with van der Waals surface area (Å²) in [5, 5.41) is 12.1. The second-order valence-electron chi connectivity index (χ2n) is 3.23. The molecule has 0 fully saturated rings. The lowest BCUT2D eigenvalue weighted by molar-refractivity contribution is -0.114. The van der Waals surface area contributed by atoms with Crippen LogP contribution < -0.4 is 5.32 Å². The van der Waals surface area contributed by atoms with Crippen LogP contribution in [0.5, 0.6) is 5.75 Å². The maximum atomic E-state index is 10.9. The Labute approximate surface area is 87.9 Å². The van der Waals surface area contributed by atoms with E-state index in [2.05, 4.69) is 5.32 Å². The lowest BCUT2D eigenvalue weighted by Crippen LogP contribution is -2.07. The van der Waals surface area contributed by atoms with Crippen molar-refractivity contribution in [2.24, 2.45) is 0 Å². The Kier molecular flexibility index (Phi) is 3.44. The number of benzene rings is 1. The zero-order valence-corrected chi connectivity index (χ0v) is 8.70. The van der Waals surface area contributed by atoms with E-state index in [0.717, 1.165) is 12.0 Å². The predicted molar refractivity (Wildman–Crippen MR) is 57.2 cm³/mol. The monoisotopic (exact) mass is 207 g/mol. The number of hydrogen-bond donors (Lipinski definition) is 2. The van der Waals surface area contributed by atoms with E-state index in [1.807, 2.05) is 6.92 Å². The van der Waals surface area contributed by atoms with E-state index in [4.69, 9.17) is 0 Å². The van der Waals surface area contributed by atoms with Gasteiger partial charge in [0.2, 0.25) is 5.91 Å². The number of phenols is 1. The van der Waals surface area contributed by atoms with Gasteiger partial charge >= 0.3 is 0 Å². The highest BCUT2D eigenvalue weighted by molar-refractivity contribution is 5.93. The van der Waals surface area contributed by atoms with Crippen LogP contribution in [0.25, 0.3) is 0 Å². The molecule has 1 rings (SSSR count). The first-order valence-electron chi connectivity index (χ1n) is 4.67. The van der Waals surface area contributed by atoms with Crippen LogP contribution >= 0.6 is 0 Å². The van der Waals surface area contributed by atoms with Gasteiger partial charge in [-0.3, -0.25) is 9.59 Å². The van der Waals surface area contributed by atoms with Crippen LogP contribution in [0.3, 0.4) is 0 Å². The second kappa shape index (κ2) is 4.59.